The van der Waals surface area contributed by atoms with Gasteiger partial charge in [-0.3, -0.25) is 10.1 Å². The first kappa shape index (κ1) is 11.6. The summed E-state index contributed by atoms with van der Waals surface area (Å²) in [5.41, 5.74) is -0.195. The Morgan fingerprint density at radius 1 is 1.53 bits per heavy atom. The van der Waals surface area contributed by atoms with E-state index in [0.717, 1.165) is 12.4 Å². The van der Waals surface area contributed by atoms with E-state index in [2.05, 4.69) is 15.3 Å². The second kappa shape index (κ2) is 5.00. The molecule has 7 nitrogen and oxygen atoms in total. The average molecular weight is 242 g/mol. The smallest absolute Gasteiger partial charge is 0.305 e. The molecule has 0 amide bonds. The van der Waals surface area contributed by atoms with E-state index >= 15 is 0 Å². The minimum absolute atomic E-state index is 0.0463. The molecule has 17 heavy (non-hydrogen) atoms. The minimum atomic E-state index is -1.12. The molecule has 0 aliphatic carbocycles. The van der Waals surface area contributed by atoms with E-state index in [1.165, 1.54) is 0 Å². The Balaban J connectivity index is 2.00. The van der Waals surface area contributed by atoms with Gasteiger partial charge in [0.1, 0.15) is 18.6 Å². The van der Waals surface area contributed by atoms with Crippen LogP contribution in [0.15, 0.2) is 12.4 Å². The van der Waals surface area contributed by atoms with Crippen LogP contribution >= 0.6 is 0 Å². The van der Waals surface area contributed by atoms with Gasteiger partial charge >= 0.3 is 5.69 Å². The van der Waals surface area contributed by atoms with Crippen LogP contribution in [0, 0.1) is 10.1 Å². The van der Waals surface area contributed by atoms with Crippen molar-refractivity contribution in [3.8, 4) is 0 Å². The first-order valence-electron chi connectivity index (χ1n) is 5.11. The van der Waals surface area contributed by atoms with Gasteiger partial charge in [-0.15, -0.1) is 0 Å². The molecule has 2 atom stereocenters. The zero-order valence-electron chi connectivity index (χ0n) is 8.88. The van der Waals surface area contributed by atoms with Crippen molar-refractivity contribution in [3.63, 3.8) is 0 Å². The molecular formula is C9H11FN4O3. The second-order valence-electron chi connectivity index (χ2n) is 3.65. The number of alkyl halides is 1. The van der Waals surface area contributed by atoms with Gasteiger partial charge in [-0.25, -0.2) is 14.4 Å². The molecule has 2 heterocycles. The van der Waals surface area contributed by atoms with E-state index in [1.54, 1.807) is 0 Å². The summed E-state index contributed by atoms with van der Waals surface area (Å²) >= 11 is 0. The fourth-order valence-electron chi connectivity index (χ4n) is 1.52. The number of nitro groups is 1. The van der Waals surface area contributed by atoms with Crippen molar-refractivity contribution >= 4 is 11.6 Å². The molecule has 0 bridgehead atoms. The Bertz CT molecular complexity index is 400. The molecule has 2 rings (SSSR count). The summed E-state index contributed by atoms with van der Waals surface area (Å²) in [5.74, 6) is 0.185. The van der Waals surface area contributed by atoms with Gasteiger partial charge < -0.3 is 10.1 Å². The van der Waals surface area contributed by atoms with Crippen LogP contribution in [0.25, 0.3) is 0 Å². The predicted octanol–water partition coefficient (Wildman–Crippen LogP) is 0.924. The van der Waals surface area contributed by atoms with Crippen LogP contribution in [0.1, 0.15) is 6.42 Å². The topological polar surface area (TPSA) is 90.2 Å². The monoisotopic (exact) mass is 242 g/mol. The van der Waals surface area contributed by atoms with Crippen molar-refractivity contribution < 1.29 is 14.1 Å². The molecule has 1 aromatic heterocycles. The van der Waals surface area contributed by atoms with E-state index in [1.807, 2.05) is 0 Å². The molecule has 1 N–H and O–H groups in total. The number of nitrogens with zero attached hydrogens (tertiary/aromatic N) is 3. The number of ether oxygens (including phenoxy) is 1. The highest BCUT2D eigenvalue weighted by Crippen LogP contribution is 2.16. The number of hydrogen-bond donors (Lipinski definition) is 1. The number of rotatable bonds is 3. The minimum Gasteiger partial charge on any atom is -0.378 e. The third kappa shape index (κ3) is 2.84. The van der Waals surface area contributed by atoms with Crippen LogP contribution < -0.4 is 5.32 Å². The SMILES string of the molecule is O=[N+]([O-])c1cnc(N[C@@H]2CCOC[C@H]2F)nc1. The highest BCUT2D eigenvalue weighted by molar-refractivity contribution is 5.32. The first-order chi connectivity index (χ1) is 8.16. The summed E-state index contributed by atoms with van der Waals surface area (Å²) in [4.78, 5) is 17.3. The fraction of sp³-hybridized carbons (Fsp3) is 0.556. The maximum Gasteiger partial charge on any atom is 0.305 e. The molecule has 92 valence electrons. The number of anilines is 1. The summed E-state index contributed by atoms with van der Waals surface area (Å²) in [6, 6.07) is -0.412. The van der Waals surface area contributed by atoms with Crippen molar-refractivity contribution in [2.24, 2.45) is 0 Å². The highest BCUT2D eigenvalue weighted by atomic mass is 19.1. The maximum absolute atomic E-state index is 13.4. The molecule has 0 saturated carbocycles. The number of aromatic nitrogens is 2. The molecule has 1 saturated heterocycles. The molecule has 1 aliphatic heterocycles. The van der Waals surface area contributed by atoms with Gasteiger partial charge in [0, 0.05) is 6.61 Å². The molecule has 0 unspecified atom stereocenters. The lowest BCUT2D eigenvalue weighted by Gasteiger charge is -2.26. The van der Waals surface area contributed by atoms with E-state index in [0.29, 0.717) is 13.0 Å². The van der Waals surface area contributed by atoms with Gasteiger partial charge in [-0.1, -0.05) is 0 Å². The molecule has 0 aromatic carbocycles. The largest absolute Gasteiger partial charge is 0.378 e. The van der Waals surface area contributed by atoms with E-state index < -0.39 is 17.1 Å². The average Bonchev–Trinajstić information content (AvgIpc) is 2.33. The zero-order valence-corrected chi connectivity index (χ0v) is 8.88. The summed E-state index contributed by atoms with van der Waals surface area (Å²) in [5, 5.41) is 13.2. The van der Waals surface area contributed by atoms with Crippen LogP contribution in [0.4, 0.5) is 16.0 Å². The maximum atomic E-state index is 13.4. The molecular weight excluding hydrogens is 231 g/mol. The van der Waals surface area contributed by atoms with Crippen molar-refractivity contribution in [2.75, 3.05) is 18.5 Å². The van der Waals surface area contributed by atoms with E-state index in [9.17, 15) is 14.5 Å². The Morgan fingerprint density at radius 3 is 2.82 bits per heavy atom. The van der Waals surface area contributed by atoms with Gasteiger partial charge in [0.2, 0.25) is 5.95 Å². The number of hydrogen-bond acceptors (Lipinski definition) is 6. The standard InChI is InChI=1S/C9H11FN4O3/c10-7-5-17-2-1-8(7)13-9-11-3-6(4-12-9)14(15)16/h3-4,7-8H,1-2,5H2,(H,11,12,13)/t7-,8-/m1/s1. The van der Waals surface area contributed by atoms with Crippen molar-refractivity contribution in [3.05, 3.63) is 22.5 Å². The number of halogens is 1. The second-order valence-corrected chi connectivity index (χ2v) is 3.65. The lowest BCUT2D eigenvalue weighted by molar-refractivity contribution is -0.385. The normalized spacial score (nSPS) is 24.3. The summed E-state index contributed by atoms with van der Waals surface area (Å²) in [6.07, 6.45) is 1.56. The Hall–Kier alpha value is -1.83. The Labute approximate surface area is 96.2 Å². The lowest BCUT2D eigenvalue weighted by atomic mass is 10.1. The molecule has 1 fully saturated rings. The van der Waals surface area contributed by atoms with Gasteiger partial charge in [-0.05, 0) is 6.42 Å². The van der Waals surface area contributed by atoms with Gasteiger partial charge in [0.05, 0.1) is 17.6 Å². The lowest BCUT2D eigenvalue weighted by Crippen LogP contribution is -2.39. The quantitative estimate of drug-likeness (QED) is 0.626. The summed E-state index contributed by atoms with van der Waals surface area (Å²) in [7, 11) is 0. The highest BCUT2D eigenvalue weighted by Gasteiger charge is 2.25. The van der Waals surface area contributed by atoms with E-state index in [-0.39, 0.29) is 18.2 Å². The molecule has 0 spiro atoms. The summed E-state index contributed by atoms with van der Waals surface area (Å²) in [6.45, 7) is 0.524. The third-order valence-electron chi connectivity index (χ3n) is 2.45. The van der Waals surface area contributed by atoms with Crippen molar-refractivity contribution in [1.82, 2.24) is 9.97 Å². The Kier molecular flexibility index (Phi) is 3.43. The van der Waals surface area contributed by atoms with E-state index in [4.69, 9.17) is 4.74 Å². The van der Waals surface area contributed by atoms with Gasteiger partial charge in [-0.2, -0.15) is 0 Å². The van der Waals surface area contributed by atoms with Crippen molar-refractivity contribution in [2.45, 2.75) is 18.6 Å². The number of nitrogens with one attached hydrogen (secondary N) is 1. The molecule has 1 aromatic rings. The van der Waals surface area contributed by atoms with Crippen molar-refractivity contribution in [1.29, 1.82) is 0 Å². The van der Waals surface area contributed by atoms with Crippen LogP contribution in [0.2, 0.25) is 0 Å². The van der Waals surface area contributed by atoms with Gasteiger partial charge in [0.15, 0.2) is 0 Å². The fourth-order valence-corrected chi connectivity index (χ4v) is 1.52. The van der Waals surface area contributed by atoms with Crippen LogP contribution in [-0.2, 0) is 4.74 Å². The first-order valence-corrected chi connectivity index (χ1v) is 5.11. The molecule has 0 radical (unpaired) electrons. The van der Waals surface area contributed by atoms with Crippen LogP contribution in [-0.4, -0.2) is 40.3 Å². The predicted molar refractivity (Wildman–Crippen MR) is 56.4 cm³/mol. The third-order valence-corrected chi connectivity index (χ3v) is 2.45. The van der Waals surface area contributed by atoms with Crippen LogP contribution in [0.3, 0.4) is 0 Å². The van der Waals surface area contributed by atoms with Gasteiger partial charge in [0.25, 0.3) is 0 Å². The van der Waals surface area contributed by atoms with Crippen LogP contribution in [0.5, 0.6) is 0 Å². The molecule has 8 heteroatoms. The zero-order chi connectivity index (χ0) is 12.3. The Morgan fingerprint density at radius 2 is 2.24 bits per heavy atom. The molecule has 1 aliphatic rings. The summed E-state index contributed by atoms with van der Waals surface area (Å²) < 4.78 is 18.3.